The van der Waals surface area contributed by atoms with Gasteiger partial charge in [-0.05, 0) is 25.0 Å². The Bertz CT molecular complexity index is 415. The highest BCUT2D eigenvalue weighted by Gasteiger charge is 2.22. The first-order chi connectivity index (χ1) is 7.84. The van der Waals surface area contributed by atoms with Gasteiger partial charge in [0.1, 0.15) is 11.5 Å². The predicted octanol–water partition coefficient (Wildman–Crippen LogP) is 2.21. The smallest absolute Gasteiger partial charge is 0.257 e. The van der Waals surface area contributed by atoms with Crippen LogP contribution in [0.2, 0.25) is 0 Å². The van der Waals surface area contributed by atoms with Gasteiger partial charge in [0.25, 0.3) is 5.91 Å². The fourth-order valence-corrected chi connectivity index (χ4v) is 1.52. The highest BCUT2D eigenvalue weighted by atomic mass is 16.3. The maximum Gasteiger partial charge on any atom is 0.257 e. The largest absolute Gasteiger partial charge is 0.508 e. The Morgan fingerprint density at radius 1 is 1.24 bits per heavy atom. The number of amides is 1. The predicted molar refractivity (Wildman–Crippen MR) is 66.2 cm³/mol. The lowest BCUT2D eigenvalue weighted by Gasteiger charge is -2.28. The number of carbonyl (C=O) groups is 1. The Morgan fingerprint density at radius 3 is 2.29 bits per heavy atom. The van der Waals surface area contributed by atoms with Gasteiger partial charge in [-0.1, -0.05) is 13.8 Å². The summed E-state index contributed by atoms with van der Waals surface area (Å²) in [6, 6.07) is 4.06. The maximum atomic E-state index is 12.1. The van der Waals surface area contributed by atoms with Gasteiger partial charge < -0.3 is 15.1 Å². The third-order valence-electron chi connectivity index (χ3n) is 3.11. The fourth-order valence-electron chi connectivity index (χ4n) is 1.52. The molecule has 94 valence electrons. The van der Waals surface area contributed by atoms with Crippen LogP contribution in [0.5, 0.6) is 11.5 Å². The minimum absolute atomic E-state index is 0.0568. The minimum Gasteiger partial charge on any atom is -0.508 e. The molecule has 17 heavy (non-hydrogen) atoms. The molecule has 1 aromatic rings. The molecule has 4 heteroatoms. The molecule has 1 atom stereocenters. The normalized spacial score (nSPS) is 12.5. The van der Waals surface area contributed by atoms with Gasteiger partial charge in [0, 0.05) is 19.2 Å². The standard InChI is InChI=1S/C13H19NO3/c1-8(2)9(3)14(4)13(17)11-6-5-10(15)7-12(11)16/h5-9,15-16H,1-4H3. The fraction of sp³-hybridized carbons (Fsp3) is 0.462. The summed E-state index contributed by atoms with van der Waals surface area (Å²) in [7, 11) is 1.71. The van der Waals surface area contributed by atoms with Crippen LogP contribution in [0.15, 0.2) is 18.2 Å². The van der Waals surface area contributed by atoms with Crippen molar-refractivity contribution >= 4 is 5.91 Å². The molecule has 0 aliphatic heterocycles. The molecule has 1 unspecified atom stereocenters. The van der Waals surface area contributed by atoms with E-state index in [0.29, 0.717) is 5.92 Å². The van der Waals surface area contributed by atoms with Crippen molar-refractivity contribution in [3.05, 3.63) is 23.8 Å². The van der Waals surface area contributed by atoms with Crippen molar-refractivity contribution in [1.29, 1.82) is 0 Å². The highest BCUT2D eigenvalue weighted by molar-refractivity contribution is 5.97. The second-order valence-corrected chi connectivity index (χ2v) is 4.60. The van der Waals surface area contributed by atoms with Gasteiger partial charge in [-0.15, -0.1) is 0 Å². The monoisotopic (exact) mass is 237 g/mol. The zero-order valence-electron chi connectivity index (χ0n) is 10.6. The van der Waals surface area contributed by atoms with Crippen molar-refractivity contribution in [2.45, 2.75) is 26.8 Å². The second kappa shape index (κ2) is 5.08. The summed E-state index contributed by atoms with van der Waals surface area (Å²) >= 11 is 0. The molecule has 0 spiro atoms. The minimum atomic E-state index is -0.247. The van der Waals surface area contributed by atoms with E-state index < -0.39 is 0 Å². The number of benzene rings is 1. The molecule has 0 aliphatic carbocycles. The van der Waals surface area contributed by atoms with Gasteiger partial charge in [0.05, 0.1) is 5.56 Å². The Hall–Kier alpha value is -1.71. The quantitative estimate of drug-likeness (QED) is 0.847. The molecular formula is C13H19NO3. The van der Waals surface area contributed by atoms with Crippen LogP contribution < -0.4 is 0 Å². The van der Waals surface area contributed by atoms with E-state index >= 15 is 0 Å². The second-order valence-electron chi connectivity index (χ2n) is 4.60. The Morgan fingerprint density at radius 2 is 1.82 bits per heavy atom. The van der Waals surface area contributed by atoms with Crippen molar-refractivity contribution in [2.75, 3.05) is 7.05 Å². The van der Waals surface area contributed by atoms with Crippen molar-refractivity contribution < 1.29 is 15.0 Å². The van der Waals surface area contributed by atoms with Gasteiger partial charge in [-0.3, -0.25) is 4.79 Å². The molecule has 0 radical (unpaired) electrons. The van der Waals surface area contributed by atoms with Crippen molar-refractivity contribution in [3.63, 3.8) is 0 Å². The van der Waals surface area contributed by atoms with Crippen LogP contribution in [0.3, 0.4) is 0 Å². The number of aromatic hydroxyl groups is 2. The van der Waals surface area contributed by atoms with Gasteiger partial charge >= 0.3 is 0 Å². The van der Waals surface area contributed by atoms with Crippen LogP contribution in [0.4, 0.5) is 0 Å². The summed E-state index contributed by atoms with van der Waals surface area (Å²) in [5, 5.41) is 18.8. The van der Waals surface area contributed by atoms with E-state index in [9.17, 15) is 15.0 Å². The number of hydrogen-bond donors (Lipinski definition) is 2. The van der Waals surface area contributed by atoms with Crippen molar-refractivity contribution in [3.8, 4) is 11.5 Å². The van der Waals surface area contributed by atoms with E-state index in [2.05, 4.69) is 0 Å². The van der Waals surface area contributed by atoms with Crippen LogP contribution >= 0.6 is 0 Å². The number of hydrogen-bond acceptors (Lipinski definition) is 3. The molecule has 1 amide bonds. The summed E-state index contributed by atoms with van der Waals surface area (Å²) in [5.41, 5.74) is 0.206. The number of nitrogens with zero attached hydrogens (tertiary/aromatic N) is 1. The van der Waals surface area contributed by atoms with Crippen molar-refractivity contribution in [2.24, 2.45) is 5.92 Å². The first kappa shape index (κ1) is 13.4. The zero-order chi connectivity index (χ0) is 13.2. The summed E-state index contributed by atoms with van der Waals surface area (Å²) < 4.78 is 0. The summed E-state index contributed by atoms with van der Waals surface area (Å²) in [6.45, 7) is 6.02. The maximum absolute atomic E-state index is 12.1. The molecule has 4 nitrogen and oxygen atoms in total. The third-order valence-corrected chi connectivity index (χ3v) is 3.11. The highest BCUT2D eigenvalue weighted by Crippen LogP contribution is 2.24. The van der Waals surface area contributed by atoms with Gasteiger partial charge in [-0.2, -0.15) is 0 Å². The molecule has 2 N–H and O–H groups in total. The summed E-state index contributed by atoms with van der Waals surface area (Å²) in [4.78, 5) is 13.7. The Balaban J connectivity index is 2.96. The average Bonchev–Trinajstić information content (AvgIpc) is 2.26. The van der Waals surface area contributed by atoms with E-state index in [-0.39, 0.29) is 29.0 Å². The van der Waals surface area contributed by atoms with Crippen LogP contribution in [0.25, 0.3) is 0 Å². The van der Waals surface area contributed by atoms with E-state index in [4.69, 9.17) is 0 Å². The van der Waals surface area contributed by atoms with E-state index in [1.54, 1.807) is 11.9 Å². The number of carbonyl (C=O) groups excluding carboxylic acids is 1. The Kier molecular flexibility index (Phi) is 3.99. The number of phenols is 2. The van der Waals surface area contributed by atoms with E-state index in [1.165, 1.54) is 18.2 Å². The van der Waals surface area contributed by atoms with E-state index in [1.807, 2.05) is 20.8 Å². The van der Waals surface area contributed by atoms with Gasteiger partial charge in [0.15, 0.2) is 0 Å². The van der Waals surface area contributed by atoms with Crippen LogP contribution in [-0.4, -0.2) is 34.1 Å². The van der Waals surface area contributed by atoms with Crippen LogP contribution in [0, 0.1) is 5.92 Å². The molecule has 0 saturated carbocycles. The zero-order valence-corrected chi connectivity index (χ0v) is 10.6. The molecule has 0 aliphatic rings. The first-order valence-electron chi connectivity index (χ1n) is 5.63. The summed E-state index contributed by atoms with van der Waals surface area (Å²) in [6.07, 6.45) is 0. The van der Waals surface area contributed by atoms with E-state index in [0.717, 1.165) is 0 Å². The average molecular weight is 237 g/mol. The molecule has 1 aromatic carbocycles. The van der Waals surface area contributed by atoms with Crippen LogP contribution in [-0.2, 0) is 0 Å². The lowest BCUT2D eigenvalue weighted by Crippen LogP contribution is -2.38. The first-order valence-corrected chi connectivity index (χ1v) is 5.63. The molecule has 0 heterocycles. The van der Waals surface area contributed by atoms with Crippen molar-refractivity contribution in [1.82, 2.24) is 4.90 Å². The topological polar surface area (TPSA) is 60.8 Å². The molecule has 0 bridgehead atoms. The third kappa shape index (κ3) is 2.90. The summed E-state index contributed by atoms with van der Waals surface area (Å²) in [5.74, 6) is -0.164. The number of phenolic OH excluding ortho intramolecular Hbond substituents is 2. The van der Waals surface area contributed by atoms with Gasteiger partial charge in [-0.25, -0.2) is 0 Å². The number of rotatable bonds is 3. The molecule has 0 fully saturated rings. The lowest BCUT2D eigenvalue weighted by atomic mass is 10.0. The molecule has 0 saturated heterocycles. The van der Waals surface area contributed by atoms with Gasteiger partial charge in [0.2, 0.25) is 0 Å². The molecule has 1 rings (SSSR count). The SMILES string of the molecule is CC(C)C(C)N(C)C(=O)c1ccc(O)cc1O. The Labute approximate surface area is 101 Å². The molecular weight excluding hydrogens is 218 g/mol. The lowest BCUT2D eigenvalue weighted by molar-refractivity contribution is 0.0704. The van der Waals surface area contributed by atoms with Crippen LogP contribution in [0.1, 0.15) is 31.1 Å². The molecule has 0 aromatic heterocycles.